The van der Waals surface area contributed by atoms with Crippen molar-refractivity contribution in [3.05, 3.63) is 59.3 Å². The summed E-state index contributed by atoms with van der Waals surface area (Å²) in [6, 6.07) is 7.87. The monoisotopic (exact) mass is 370 g/mol. The molecular weight excluding hydrogens is 357 g/mol. The number of aromatic nitrogens is 3. The molecule has 0 amide bonds. The Morgan fingerprint density at radius 2 is 1.70 bits per heavy atom. The molecule has 2 heterocycles. The minimum absolute atomic E-state index is 0.0363. The highest BCUT2D eigenvalue weighted by Crippen LogP contribution is 2.33. The molecule has 136 valence electrons. The molecule has 2 aromatic heterocycles. The van der Waals surface area contributed by atoms with Crippen molar-refractivity contribution < 1.29 is 13.2 Å². The van der Waals surface area contributed by atoms with E-state index in [0.29, 0.717) is 11.4 Å². The van der Waals surface area contributed by atoms with Crippen LogP contribution >= 0.6 is 0 Å². The number of anilines is 3. The molecule has 6 N–H and O–H groups in total. The quantitative estimate of drug-likeness (QED) is 0.567. The van der Waals surface area contributed by atoms with E-state index >= 15 is 0 Å². The average Bonchev–Trinajstić information content (AvgIpc) is 2.61. The summed E-state index contributed by atoms with van der Waals surface area (Å²) >= 11 is 0. The fourth-order valence-corrected chi connectivity index (χ4v) is 2.28. The maximum absolute atomic E-state index is 13.0. The zero-order valence-corrected chi connectivity index (χ0v) is 13.7. The van der Waals surface area contributed by atoms with Gasteiger partial charge in [-0.2, -0.15) is 18.2 Å². The molecule has 9 heteroatoms. The zero-order valence-electron chi connectivity index (χ0n) is 13.7. The highest BCUT2D eigenvalue weighted by molar-refractivity contribution is 5.74. The zero-order chi connectivity index (χ0) is 19.6. The summed E-state index contributed by atoms with van der Waals surface area (Å²) < 4.78 is 39.1. The number of hydrogen-bond donors (Lipinski definition) is 3. The average molecular weight is 370 g/mol. The summed E-state index contributed by atoms with van der Waals surface area (Å²) in [5.41, 5.74) is 17.2. The largest absolute Gasteiger partial charge is 0.416 e. The molecule has 0 atom stereocenters. The van der Waals surface area contributed by atoms with Crippen molar-refractivity contribution in [1.82, 2.24) is 15.0 Å². The Morgan fingerprint density at radius 3 is 2.37 bits per heavy atom. The molecule has 1 aromatic carbocycles. The van der Waals surface area contributed by atoms with Crippen molar-refractivity contribution in [2.24, 2.45) is 0 Å². The number of rotatable bonds is 1. The molecule has 0 aliphatic carbocycles. The Morgan fingerprint density at radius 1 is 0.926 bits per heavy atom. The first-order valence-corrected chi connectivity index (χ1v) is 7.58. The van der Waals surface area contributed by atoms with Crippen LogP contribution in [0.4, 0.5) is 30.8 Å². The SMILES string of the molecule is Nc1ccc(C#Cc2c(N)nc(N)nc2-c2cccc(C(F)(F)F)c2)cn1. The van der Waals surface area contributed by atoms with Gasteiger partial charge in [0, 0.05) is 17.3 Å². The van der Waals surface area contributed by atoms with E-state index in [1.807, 2.05) is 0 Å². The second-order valence-electron chi connectivity index (χ2n) is 5.49. The fourth-order valence-electron chi connectivity index (χ4n) is 2.28. The summed E-state index contributed by atoms with van der Waals surface area (Å²) in [4.78, 5) is 11.8. The van der Waals surface area contributed by atoms with Gasteiger partial charge in [0.2, 0.25) is 5.95 Å². The second-order valence-corrected chi connectivity index (χ2v) is 5.49. The molecule has 6 nitrogen and oxygen atoms in total. The number of benzene rings is 1. The topological polar surface area (TPSA) is 117 Å². The third-order valence-electron chi connectivity index (χ3n) is 3.54. The first-order chi connectivity index (χ1) is 12.7. The number of halogens is 3. The van der Waals surface area contributed by atoms with Crippen molar-refractivity contribution >= 4 is 17.6 Å². The van der Waals surface area contributed by atoms with Crippen LogP contribution in [0, 0.1) is 11.8 Å². The number of nitrogens with zero attached hydrogens (tertiary/aromatic N) is 3. The Kier molecular flexibility index (Phi) is 4.56. The summed E-state index contributed by atoms with van der Waals surface area (Å²) in [6.07, 6.45) is -3.04. The lowest BCUT2D eigenvalue weighted by Gasteiger charge is -2.11. The molecule has 0 bridgehead atoms. The van der Waals surface area contributed by atoms with E-state index in [4.69, 9.17) is 17.2 Å². The Balaban J connectivity index is 2.13. The predicted octanol–water partition coefficient (Wildman–Crippen LogP) is 2.70. The van der Waals surface area contributed by atoms with Crippen LogP contribution in [0.2, 0.25) is 0 Å². The third-order valence-corrected chi connectivity index (χ3v) is 3.54. The van der Waals surface area contributed by atoms with Crippen LogP contribution in [0.15, 0.2) is 42.6 Å². The highest BCUT2D eigenvalue weighted by Gasteiger charge is 2.30. The maximum Gasteiger partial charge on any atom is 0.416 e. The summed E-state index contributed by atoms with van der Waals surface area (Å²) in [5, 5.41) is 0. The number of alkyl halides is 3. The normalized spacial score (nSPS) is 10.9. The second kappa shape index (κ2) is 6.84. The number of nitrogen functional groups attached to an aromatic ring is 3. The van der Waals surface area contributed by atoms with Crippen LogP contribution in [0.5, 0.6) is 0 Å². The molecule has 3 aromatic rings. The molecular formula is C18H13F3N6. The number of nitrogens with two attached hydrogens (primary N) is 3. The van der Waals surface area contributed by atoms with E-state index in [-0.39, 0.29) is 28.6 Å². The lowest BCUT2D eigenvalue weighted by molar-refractivity contribution is -0.137. The lowest BCUT2D eigenvalue weighted by Crippen LogP contribution is -2.07. The summed E-state index contributed by atoms with van der Waals surface area (Å²) in [6.45, 7) is 0. The standard InChI is InChI=1S/C18H13F3N6/c19-18(20,21)12-3-1-2-11(8-12)15-13(16(23)27-17(24)26-15)6-4-10-5-7-14(22)25-9-10/h1-3,5,7-9H,(H2,22,25)(H4,23,24,26,27). The van der Waals surface area contributed by atoms with Gasteiger partial charge in [-0.05, 0) is 24.3 Å². The van der Waals surface area contributed by atoms with Crippen LogP contribution in [0.3, 0.4) is 0 Å². The van der Waals surface area contributed by atoms with Crippen LogP contribution in [0.1, 0.15) is 16.7 Å². The fraction of sp³-hybridized carbons (Fsp3) is 0.0556. The van der Waals surface area contributed by atoms with Gasteiger partial charge in [0.25, 0.3) is 0 Å². The van der Waals surface area contributed by atoms with E-state index in [1.54, 1.807) is 12.1 Å². The molecule has 0 aliphatic rings. The summed E-state index contributed by atoms with van der Waals surface area (Å²) in [5.74, 6) is 5.73. The Bertz CT molecular complexity index is 1050. The van der Waals surface area contributed by atoms with Gasteiger partial charge in [0.15, 0.2) is 0 Å². The van der Waals surface area contributed by atoms with Gasteiger partial charge in [-0.15, -0.1) is 0 Å². The van der Waals surface area contributed by atoms with Crippen LogP contribution in [0.25, 0.3) is 11.3 Å². The van der Waals surface area contributed by atoms with Crippen molar-refractivity contribution in [2.45, 2.75) is 6.18 Å². The molecule has 0 fully saturated rings. The minimum atomic E-state index is -4.50. The van der Waals surface area contributed by atoms with E-state index in [1.165, 1.54) is 18.3 Å². The molecule has 27 heavy (non-hydrogen) atoms. The van der Waals surface area contributed by atoms with Crippen molar-refractivity contribution in [1.29, 1.82) is 0 Å². The van der Waals surface area contributed by atoms with Crippen molar-refractivity contribution in [3.8, 4) is 23.1 Å². The first kappa shape index (κ1) is 18.0. The van der Waals surface area contributed by atoms with Crippen molar-refractivity contribution in [2.75, 3.05) is 17.2 Å². The number of hydrogen-bond acceptors (Lipinski definition) is 6. The molecule has 0 saturated carbocycles. The predicted molar refractivity (Wildman–Crippen MR) is 95.9 cm³/mol. The molecule has 3 rings (SSSR count). The van der Waals surface area contributed by atoms with Gasteiger partial charge in [-0.1, -0.05) is 24.0 Å². The van der Waals surface area contributed by atoms with Crippen LogP contribution in [-0.4, -0.2) is 15.0 Å². The van der Waals surface area contributed by atoms with Gasteiger partial charge >= 0.3 is 6.18 Å². The lowest BCUT2D eigenvalue weighted by atomic mass is 10.0. The molecule has 0 spiro atoms. The van der Waals surface area contributed by atoms with Gasteiger partial charge in [0.05, 0.1) is 16.8 Å². The minimum Gasteiger partial charge on any atom is -0.384 e. The maximum atomic E-state index is 13.0. The summed E-state index contributed by atoms with van der Waals surface area (Å²) in [7, 11) is 0. The smallest absolute Gasteiger partial charge is 0.384 e. The van der Waals surface area contributed by atoms with Gasteiger partial charge in [0.1, 0.15) is 11.6 Å². The Hall–Kier alpha value is -3.80. The van der Waals surface area contributed by atoms with E-state index in [9.17, 15) is 13.2 Å². The number of pyridine rings is 1. The molecule has 0 saturated heterocycles. The van der Waals surface area contributed by atoms with E-state index in [2.05, 4.69) is 26.8 Å². The van der Waals surface area contributed by atoms with Crippen LogP contribution < -0.4 is 17.2 Å². The first-order valence-electron chi connectivity index (χ1n) is 7.58. The van der Waals surface area contributed by atoms with Crippen LogP contribution in [-0.2, 0) is 6.18 Å². The molecule has 0 aliphatic heterocycles. The molecule has 0 unspecified atom stereocenters. The van der Waals surface area contributed by atoms with Gasteiger partial charge < -0.3 is 17.2 Å². The molecule has 0 radical (unpaired) electrons. The van der Waals surface area contributed by atoms with Gasteiger partial charge in [-0.25, -0.2) is 9.97 Å². The van der Waals surface area contributed by atoms with E-state index in [0.717, 1.165) is 12.1 Å². The third kappa shape index (κ3) is 4.07. The van der Waals surface area contributed by atoms with Crippen molar-refractivity contribution in [3.63, 3.8) is 0 Å². The van der Waals surface area contributed by atoms with E-state index < -0.39 is 11.7 Å². The van der Waals surface area contributed by atoms with Gasteiger partial charge in [-0.3, -0.25) is 0 Å². The Labute approximate surface area is 152 Å². The highest BCUT2D eigenvalue weighted by atomic mass is 19.4.